The fraction of sp³-hybridized carbons (Fsp3) is 0.562. The van der Waals surface area contributed by atoms with Crippen molar-refractivity contribution in [2.45, 2.75) is 38.8 Å². The van der Waals surface area contributed by atoms with Crippen LogP contribution in [0.1, 0.15) is 33.2 Å². The summed E-state index contributed by atoms with van der Waals surface area (Å²) >= 11 is 3.56. The van der Waals surface area contributed by atoms with E-state index in [2.05, 4.69) is 26.2 Å². The van der Waals surface area contributed by atoms with Crippen molar-refractivity contribution >= 4 is 33.1 Å². The average Bonchev–Trinajstić information content (AvgIpc) is 3.13. The van der Waals surface area contributed by atoms with Gasteiger partial charge < -0.3 is 14.4 Å². The second-order valence-corrected chi connectivity index (χ2v) is 7.70. The van der Waals surface area contributed by atoms with E-state index in [0.717, 1.165) is 16.4 Å². The lowest BCUT2D eigenvalue weighted by atomic mass is 10.2. The first-order valence-corrected chi connectivity index (χ1v) is 8.65. The van der Waals surface area contributed by atoms with Gasteiger partial charge in [0.1, 0.15) is 16.9 Å². The highest BCUT2D eigenvalue weighted by Gasteiger charge is 2.32. The Hall–Kier alpha value is -1.83. The van der Waals surface area contributed by atoms with Crippen molar-refractivity contribution in [1.29, 1.82) is 0 Å². The lowest BCUT2D eigenvalue weighted by Gasteiger charge is -2.24. The number of amides is 1. The molecular formula is C16H21BrN4O3. The highest BCUT2D eigenvalue weighted by atomic mass is 79.9. The summed E-state index contributed by atoms with van der Waals surface area (Å²) in [6, 6.07) is 3.83. The fourth-order valence-corrected chi connectivity index (χ4v) is 3.34. The number of halogens is 1. The normalized spacial score (nSPS) is 18.2. The standard InChI is InChI=1S/C16H21BrN4O3/c1-16(2,3)24-15(22)20-8-7-10(9-20)21-14-11(17)5-6-12(23-4)13(14)18-19-21/h5-6,10H,7-9H2,1-4H3. The summed E-state index contributed by atoms with van der Waals surface area (Å²) < 4.78 is 13.6. The Morgan fingerprint density at radius 1 is 1.38 bits per heavy atom. The molecule has 2 aromatic rings. The third-order valence-electron chi connectivity index (χ3n) is 3.92. The summed E-state index contributed by atoms with van der Waals surface area (Å²) in [6.07, 6.45) is 0.521. The van der Waals surface area contributed by atoms with Gasteiger partial charge in [-0.1, -0.05) is 5.21 Å². The zero-order valence-electron chi connectivity index (χ0n) is 14.2. The Morgan fingerprint density at radius 3 is 2.79 bits per heavy atom. The molecule has 2 heterocycles. The fourth-order valence-electron chi connectivity index (χ4n) is 2.84. The van der Waals surface area contributed by atoms with E-state index in [4.69, 9.17) is 9.47 Å². The first-order chi connectivity index (χ1) is 11.3. The predicted molar refractivity (Wildman–Crippen MR) is 93.2 cm³/mol. The topological polar surface area (TPSA) is 69.5 Å². The Balaban J connectivity index is 1.84. The highest BCUT2D eigenvalue weighted by molar-refractivity contribution is 9.10. The number of benzene rings is 1. The zero-order valence-corrected chi connectivity index (χ0v) is 15.8. The summed E-state index contributed by atoms with van der Waals surface area (Å²) in [7, 11) is 1.61. The molecule has 0 spiro atoms. The predicted octanol–water partition coefficient (Wildman–Crippen LogP) is 3.38. The van der Waals surface area contributed by atoms with E-state index in [1.54, 1.807) is 12.0 Å². The van der Waals surface area contributed by atoms with Crippen LogP contribution in [-0.2, 0) is 4.74 Å². The van der Waals surface area contributed by atoms with Crippen molar-refractivity contribution in [3.63, 3.8) is 0 Å². The van der Waals surface area contributed by atoms with Crippen molar-refractivity contribution < 1.29 is 14.3 Å². The minimum Gasteiger partial charge on any atom is -0.494 e. The number of carbonyl (C=O) groups excluding carboxylic acids is 1. The van der Waals surface area contributed by atoms with E-state index in [1.807, 2.05) is 37.6 Å². The largest absolute Gasteiger partial charge is 0.494 e. The second-order valence-electron chi connectivity index (χ2n) is 6.85. The van der Waals surface area contributed by atoms with Crippen molar-refractivity contribution in [2.75, 3.05) is 20.2 Å². The molecule has 0 bridgehead atoms. The quantitative estimate of drug-likeness (QED) is 0.777. The number of aromatic nitrogens is 3. The molecule has 1 aromatic heterocycles. The first-order valence-electron chi connectivity index (χ1n) is 7.85. The zero-order chi connectivity index (χ0) is 17.5. The summed E-state index contributed by atoms with van der Waals surface area (Å²) in [5.41, 5.74) is 1.10. The van der Waals surface area contributed by atoms with Gasteiger partial charge in [0, 0.05) is 17.6 Å². The van der Waals surface area contributed by atoms with Gasteiger partial charge >= 0.3 is 6.09 Å². The van der Waals surface area contributed by atoms with Crippen molar-refractivity contribution in [1.82, 2.24) is 19.9 Å². The number of nitrogens with zero attached hydrogens (tertiary/aromatic N) is 4. The summed E-state index contributed by atoms with van der Waals surface area (Å²) in [5.74, 6) is 0.682. The number of fused-ring (bicyclic) bond motifs is 1. The Labute approximate surface area is 149 Å². The molecule has 1 aromatic carbocycles. The Morgan fingerprint density at radius 2 is 2.12 bits per heavy atom. The van der Waals surface area contributed by atoms with Crippen LogP contribution in [0.3, 0.4) is 0 Å². The first kappa shape index (κ1) is 17.0. The third kappa shape index (κ3) is 3.19. The molecule has 1 amide bonds. The number of methoxy groups -OCH3 is 1. The number of likely N-dealkylation sites (tertiary alicyclic amines) is 1. The molecule has 1 atom stereocenters. The van der Waals surface area contributed by atoms with Gasteiger partial charge in [-0.3, -0.25) is 0 Å². The van der Waals surface area contributed by atoms with Crippen LogP contribution in [0.5, 0.6) is 5.75 Å². The van der Waals surface area contributed by atoms with Gasteiger partial charge in [0.05, 0.1) is 13.2 Å². The van der Waals surface area contributed by atoms with Crippen LogP contribution < -0.4 is 4.74 Å². The molecule has 1 fully saturated rings. The van der Waals surface area contributed by atoms with Crippen LogP contribution in [0.25, 0.3) is 11.0 Å². The van der Waals surface area contributed by atoms with E-state index in [-0.39, 0.29) is 12.1 Å². The van der Waals surface area contributed by atoms with Crippen molar-refractivity contribution in [2.24, 2.45) is 0 Å². The van der Waals surface area contributed by atoms with E-state index in [0.29, 0.717) is 24.4 Å². The summed E-state index contributed by atoms with van der Waals surface area (Å²) in [4.78, 5) is 14.0. The molecule has 7 nitrogen and oxygen atoms in total. The maximum Gasteiger partial charge on any atom is 0.410 e. The van der Waals surface area contributed by atoms with Gasteiger partial charge in [0.25, 0.3) is 0 Å². The van der Waals surface area contributed by atoms with Crippen LogP contribution in [-0.4, -0.2) is 51.8 Å². The maximum atomic E-state index is 12.2. The van der Waals surface area contributed by atoms with E-state index in [9.17, 15) is 4.79 Å². The molecular weight excluding hydrogens is 376 g/mol. The molecule has 24 heavy (non-hydrogen) atoms. The Bertz CT molecular complexity index is 769. The van der Waals surface area contributed by atoms with Gasteiger partial charge in [0.2, 0.25) is 0 Å². The van der Waals surface area contributed by atoms with Crippen LogP contribution in [0, 0.1) is 0 Å². The van der Waals surface area contributed by atoms with Crippen molar-refractivity contribution in [3.05, 3.63) is 16.6 Å². The smallest absolute Gasteiger partial charge is 0.410 e. The molecule has 0 aliphatic carbocycles. The number of ether oxygens (including phenoxy) is 2. The van der Waals surface area contributed by atoms with E-state index in [1.165, 1.54) is 0 Å². The van der Waals surface area contributed by atoms with Gasteiger partial charge in [-0.15, -0.1) is 5.10 Å². The molecule has 1 unspecified atom stereocenters. The molecule has 130 valence electrons. The average molecular weight is 397 g/mol. The van der Waals surface area contributed by atoms with Gasteiger partial charge in [-0.05, 0) is 55.3 Å². The number of hydrogen-bond acceptors (Lipinski definition) is 5. The lowest BCUT2D eigenvalue weighted by Crippen LogP contribution is -2.35. The molecule has 1 saturated heterocycles. The van der Waals surface area contributed by atoms with Crippen LogP contribution in [0.2, 0.25) is 0 Å². The summed E-state index contributed by atoms with van der Waals surface area (Å²) in [6.45, 7) is 6.80. The minimum atomic E-state index is -0.495. The van der Waals surface area contributed by atoms with E-state index < -0.39 is 5.60 Å². The minimum absolute atomic E-state index is 0.0610. The number of rotatable bonds is 2. The highest BCUT2D eigenvalue weighted by Crippen LogP contribution is 2.33. The van der Waals surface area contributed by atoms with Crippen LogP contribution in [0.4, 0.5) is 4.79 Å². The van der Waals surface area contributed by atoms with E-state index >= 15 is 0 Å². The molecule has 3 rings (SSSR count). The molecule has 1 aliphatic rings. The van der Waals surface area contributed by atoms with Gasteiger partial charge in [0.15, 0.2) is 5.52 Å². The third-order valence-corrected chi connectivity index (χ3v) is 4.56. The molecule has 0 radical (unpaired) electrons. The molecule has 8 heteroatoms. The van der Waals surface area contributed by atoms with Gasteiger partial charge in [-0.25, -0.2) is 9.48 Å². The summed E-state index contributed by atoms with van der Waals surface area (Å²) in [5, 5.41) is 8.54. The maximum absolute atomic E-state index is 12.2. The number of carbonyl (C=O) groups is 1. The molecule has 0 N–H and O–H groups in total. The van der Waals surface area contributed by atoms with Crippen LogP contribution >= 0.6 is 15.9 Å². The van der Waals surface area contributed by atoms with Crippen molar-refractivity contribution in [3.8, 4) is 5.75 Å². The molecule has 1 aliphatic heterocycles. The number of hydrogen-bond donors (Lipinski definition) is 0. The SMILES string of the molecule is COc1ccc(Br)c2c1nnn2C1CCN(C(=O)OC(C)(C)C)C1. The monoisotopic (exact) mass is 396 g/mol. The van der Waals surface area contributed by atoms with Crippen LogP contribution in [0.15, 0.2) is 16.6 Å². The molecule has 0 saturated carbocycles. The second kappa shape index (κ2) is 6.23. The lowest BCUT2D eigenvalue weighted by molar-refractivity contribution is 0.0288. The van der Waals surface area contributed by atoms with Gasteiger partial charge in [-0.2, -0.15) is 0 Å². The Kier molecular flexibility index (Phi) is 4.42.